The van der Waals surface area contributed by atoms with Crippen LogP contribution < -0.4 is 10.1 Å². The van der Waals surface area contributed by atoms with E-state index in [9.17, 15) is 0 Å². The van der Waals surface area contributed by atoms with Crippen LogP contribution in [0.4, 0.5) is 0 Å². The summed E-state index contributed by atoms with van der Waals surface area (Å²) in [5, 5.41) is 4.23. The molecular weight excluding hydrogens is 260 g/mol. The Hall–Kier alpha value is -1.58. The molecule has 3 rings (SSSR count). The molecule has 0 spiro atoms. The van der Waals surface area contributed by atoms with Crippen molar-refractivity contribution in [3.8, 4) is 5.75 Å². The highest BCUT2D eigenvalue weighted by Crippen LogP contribution is 2.37. The maximum atomic E-state index is 6.16. The van der Waals surface area contributed by atoms with Crippen LogP contribution in [0.1, 0.15) is 23.6 Å². The van der Waals surface area contributed by atoms with Crippen molar-refractivity contribution >= 4 is 11.6 Å². The number of nitrogens with zero attached hydrogens (tertiary/aromatic N) is 1. The van der Waals surface area contributed by atoms with E-state index in [2.05, 4.69) is 22.4 Å². The van der Waals surface area contributed by atoms with Gasteiger partial charge in [-0.05, 0) is 17.7 Å². The minimum Gasteiger partial charge on any atom is -0.492 e. The highest BCUT2D eigenvalue weighted by Gasteiger charge is 2.22. The molecule has 3 nitrogen and oxygen atoms in total. The minimum atomic E-state index is 0.280. The van der Waals surface area contributed by atoms with E-state index < -0.39 is 0 Å². The number of fused-ring (bicyclic) bond motifs is 1. The third-order valence-electron chi connectivity index (χ3n) is 3.30. The summed E-state index contributed by atoms with van der Waals surface area (Å²) in [7, 11) is 0. The predicted octanol–water partition coefficient (Wildman–Crippen LogP) is 3.35. The summed E-state index contributed by atoms with van der Waals surface area (Å²) in [6, 6.07) is 10.2. The molecular formula is C15H15ClN2O. The number of rotatable bonds is 3. The lowest BCUT2D eigenvalue weighted by Gasteiger charge is -2.27. The average molecular weight is 275 g/mol. The Morgan fingerprint density at radius 2 is 2.26 bits per heavy atom. The molecule has 1 aromatic carbocycles. The molecule has 1 aliphatic rings. The molecule has 19 heavy (non-hydrogen) atoms. The van der Waals surface area contributed by atoms with E-state index in [1.165, 1.54) is 5.56 Å². The molecule has 0 aliphatic carbocycles. The van der Waals surface area contributed by atoms with Crippen molar-refractivity contribution in [1.29, 1.82) is 0 Å². The largest absolute Gasteiger partial charge is 0.492 e. The van der Waals surface area contributed by atoms with Crippen molar-refractivity contribution in [2.24, 2.45) is 0 Å². The summed E-state index contributed by atoms with van der Waals surface area (Å²) in [5.41, 5.74) is 2.32. The molecule has 1 unspecified atom stereocenters. The lowest BCUT2D eigenvalue weighted by Crippen LogP contribution is -2.26. The van der Waals surface area contributed by atoms with E-state index in [1.807, 2.05) is 24.4 Å². The van der Waals surface area contributed by atoms with Crippen molar-refractivity contribution < 1.29 is 4.74 Å². The number of halogens is 1. The zero-order chi connectivity index (χ0) is 13.1. The van der Waals surface area contributed by atoms with E-state index in [1.54, 1.807) is 6.20 Å². The van der Waals surface area contributed by atoms with Crippen molar-refractivity contribution in [3.05, 3.63) is 58.9 Å². The first-order valence-electron chi connectivity index (χ1n) is 6.38. The van der Waals surface area contributed by atoms with Gasteiger partial charge >= 0.3 is 0 Å². The summed E-state index contributed by atoms with van der Waals surface area (Å²) in [6.45, 7) is 1.49. The van der Waals surface area contributed by atoms with Crippen molar-refractivity contribution in [1.82, 2.24) is 10.3 Å². The van der Waals surface area contributed by atoms with Crippen molar-refractivity contribution in [2.45, 2.75) is 19.0 Å². The maximum Gasteiger partial charge on any atom is 0.142 e. The first-order valence-corrected chi connectivity index (χ1v) is 6.76. The monoisotopic (exact) mass is 274 g/mol. The fraction of sp³-hybridized carbons (Fsp3) is 0.267. The van der Waals surface area contributed by atoms with Crippen LogP contribution in [0.25, 0.3) is 0 Å². The second-order valence-corrected chi connectivity index (χ2v) is 5.00. The zero-order valence-corrected chi connectivity index (χ0v) is 11.2. The van der Waals surface area contributed by atoms with Crippen LogP contribution >= 0.6 is 11.6 Å². The summed E-state index contributed by atoms with van der Waals surface area (Å²) in [4.78, 5) is 4.12. The van der Waals surface area contributed by atoms with Gasteiger partial charge in [0.15, 0.2) is 0 Å². The molecule has 1 atom stereocenters. The fourth-order valence-electron chi connectivity index (χ4n) is 2.34. The normalized spacial score (nSPS) is 17.6. The molecule has 0 saturated carbocycles. The predicted molar refractivity (Wildman–Crippen MR) is 75.4 cm³/mol. The van der Waals surface area contributed by atoms with Gasteiger partial charge in [0.1, 0.15) is 5.75 Å². The molecule has 0 radical (unpaired) electrons. The third-order valence-corrected chi connectivity index (χ3v) is 3.60. The number of hydrogen-bond acceptors (Lipinski definition) is 3. The van der Waals surface area contributed by atoms with E-state index >= 15 is 0 Å². The Morgan fingerprint density at radius 3 is 3.11 bits per heavy atom. The van der Waals surface area contributed by atoms with Crippen LogP contribution in [-0.4, -0.2) is 11.6 Å². The highest BCUT2D eigenvalue weighted by molar-refractivity contribution is 6.32. The Balaban J connectivity index is 1.75. The molecule has 0 amide bonds. The number of para-hydroxylation sites is 1. The quantitative estimate of drug-likeness (QED) is 0.932. The second-order valence-electron chi connectivity index (χ2n) is 4.59. The van der Waals surface area contributed by atoms with Gasteiger partial charge in [0.25, 0.3) is 0 Å². The molecule has 4 heteroatoms. The van der Waals surface area contributed by atoms with Gasteiger partial charge in [-0.3, -0.25) is 4.98 Å². The van der Waals surface area contributed by atoms with E-state index in [-0.39, 0.29) is 6.04 Å². The summed E-state index contributed by atoms with van der Waals surface area (Å²) in [5.74, 6) is 0.819. The summed E-state index contributed by atoms with van der Waals surface area (Å²) >= 11 is 6.16. The first-order chi connectivity index (χ1) is 9.34. The molecule has 2 heterocycles. The van der Waals surface area contributed by atoms with E-state index in [4.69, 9.17) is 16.3 Å². The summed E-state index contributed by atoms with van der Waals surface area (Å²) in [6.07, 6.45) is 4.62. The van der Waals surface area contributed by atoms with Crippen LogP contribution in [0.15, 0.2) is 42.7 Å². The molecule has 0 bridgehead atoms. The first kappa shape index (κ1) is 12.5. The topological polar surface area (TPSA) is 34.1 Å². The van der Waals surface area contributed by atoms with Crippen LogP contribution in [0.3, 0.4) is 0 Å². The Kier molecular flexibility index (Phi) is 3.67. The number of ether oxygens (including phenoxy) is 1. The Bertz CT molecular complexity index is 559. The molecule has 1 aromatic heterocycles. The standard InChI is InChI=1S/C15H15ClN2O/c16-13-5-1-4-12-14(6-8-19-15(12)13)18-10-11-3-2-7-17-9-11/h1-5,7,9,14,18H,6,8,10H2. The Morgan fingerprint density at radius 1 is 1.32 bits per heavy atom. The number of nitrogens with one attached hydrogen (secondary N) is 1. The Labute approximate surface area is 117 Å². The van der Waals surface area contributed by atoms with Crippen LogP contribution in [0.2, 0.25) is 5.02 Å². The fourth-order valence-corrected chi connectivity index (χ4v) is 2.58. The third kappa shape index (κ3) is 2.72. The van der Waals surface area contributed by atoms with E-state index in [0.29, 0.717) is 11.6 Å². The molecule has 1 aliphatic heterocycles. The number of aromatic nitrogens is 1. The highest BCUT2D eigenvalue weighted by atomic mass is 35.5. The molecule has 0 saturated heterocycles. The van der Waals surface area contributed by atoms with Gasteiger partial charge in [0.2, 0.25) is 0 Å². The SMILES string of the molecule is Clc1cccc2c1OCCC2NCc1cccnc1. The lowest BCUT2D eigenvalue weighted by molar-refractivity contribution is 0.252. The van der Waals surface area contributed by atoms with Gasteiger partial charge < -0.3 is 10.1 Å². The van der Waals surface area contributed by atoms with Crippen LogP contribution in [0.5, 0.6) is 5.75 Å². The second kappa shape index (κ2) is 5.59. The van der Waals surface area contributed by atoms with Crippen LogP contribution in [-0.2, 0) is 6.54 Å². The van der Waals surface area contributed by atoms with Gasteiger partial charge in [-0.25, -0.2) is 0 Å². The van der Waals surface area contributed by atoms with Gasteiger partial charge in [0, 0.05) is 37.0 Å². The number of pyridine rings is 1. The maximum absolute atomic E-state index is 6.16. The van der Waals surface area contributed by atoms with Gasteiger partial charge in [-0.2, -0.15) is 0 Å². The van der Waals surface area contributed by atoms with Crippen molar-refractivity contribution in [3.63, 3.8) is 0 Å². The zero-order valence-electron chi connectivity index (χ0n) is 10.5. The molecule has 0 fully saturated rings. The number of hydrogen-bond donors (Lipinski definition) is 1. The molecule has 98 valence electrons. The van der Waals surface area contributed by atoms with E-state index in [0.717, 1.165) is 24.3 Å². The van der Waals surface area contributed by atoms with Crippen LogP contribution in [0, 0.1) is 0 Å². The smallest absolute Gasteiger partial charge is 0.142 e. The molecule has 2 aromatic rings. The van der Waals surface area contributed by atoms with Gasteiger partial charge in [-0.1, -0.05) is 29.8 Å². The van der Waals surface area contributed by atoms with Crippen molar-refractivity contribution in [2.75, 3.05) is 6.61 Å². The van der Waals surface area contributed by atoms with Gasteiger partial charge in [-0.15, -0.1) is 0 Å². The van der Waals surface area contributed by atoms with Gasteiger partial charge in [0.05, 0.1) is 11.6 Å². The number of benzene rings is 1. The molecule has 1 N–H and O–H groups in total. The summed E-state index contributed by atoms with van der Waals surface area (Å²) < 4.78 is 5.65. The average Bonchev–Trinajstić information content (AvgIpc) is 2.47. The minimum absolute atomic E-state index is 0.280. The lowest BCUT2D eigenvalue weighted by atomic mass is 10.0.